The summed E-state index contributed by atoms with van der Waals surface area (Å²) in [7, 11) is 0. The zero-order chi connectivity index (χ0) is 13.8. The van der Waals surface area contributed by atoms with Crippen molar-refractivity contribution >= 4 is 5.82 Å². The summed E-state index contributed by atoms with van der Waals surface area (Å²) in [5.41, 5.74) is 1.04. The Labute approximate surface area is 121 Å². The molecular formula is C15H25N5. The van der Waals surface area contributed by atoms with Gasteiger partial charge in [0, 0.05) is 31.9 Å². The number of aromatic nitrogens is 2. The van der Waals surface area contributed by atoms with E-state index in [1.165, 1.54) is 32.4 Å². The topological polar surface area (TPSA) is 44.3 Å². The van der Waals surface area contributed by atoms with Gasteiger partial charge in [0.2, 0.25) is 0 Å². The highest BCUT2D eigenvalue weighted by atomic mass is 15.3. The van der Waals surface area contributed by atoms with Gasteiger partial charge in [0.05, 0.1) is 11.9 Å². The van der Waals surface area contributed by atoms with Crippen LogP contribution in [0.3, 0.4) is 0 Å². The van der Waals surface area contributed by atoms with E-state index in [1.807, 2.05) is 12.4 Å². The first-order chi connectivity index (χ1) is 9.86. The van der Waals surface area contributed by atoms with E-state index in [2.05, 4.69) is 27.0 Å². The smallest absolute Gasteiger partial charge is 0.147 e. The van der Waals surface area contributed by atoms with Crippen LogP contribution < -0.4 is 10.2 Å². The molecular weight excluding hydrogens is 250 g/mol. The number of hydrogen-bond donors (Lipinski definition) is 1. The minimum absolute atomic E-state index is 0.719. The van der Waals surface area contributed by atoms with Crippen LogP contribution in [0.1, 0.15) is 31.9 Å². The number of hydrogen-bond acceptors (Lipinski definition) is 5. The first kappa shape index (κ1) is 13.8. The second-order valence-corrected chi connectivity index (χ2v) is 5.78. The maximum atomic E-state index is 4.74. The molecule has 2 saturated heterocycles. The molecule has 5 nitrogen and oxygen atoms in total. The third-order valence-corrected chi connectivity index (χ3v) is 4.37. The molecule has 1 atom stereocenters. The molecule has 110 valence electrons. The number of nitrogens with zero attached hydrogens (tertiary/aromatic N) is 4. The minimum Gasteiger partial charge on any atom is -0.354 e. The van der Waals surface area contributed by atoms with E-state index in [0.717, 1.165) is 43.7 Å². The predicted molar refractivity (Wildman–Crippen MR) is 80.8 cm³/mol. The summed E-state index contributed by atoms with van der Waals surface area (Å²) < 4.78 is 0. The molecule has 2 aliphatic rings. The fourth-order valence-electron chi connectivity index (χ4n) is 3.24. The van der Waals surface area contributed by atoms with Gasteiger partial charge in [0.25, 0.3) is 0 Å². The van der Waals surface area contributed by atoms with Crippen LogP contribution in [0.5, 0.6) is 0 Å². The summed E-state index contributed by atoms with van der Waals surface area (Å²) in [5.74, 6) is 1.04. The van der Waals surface area contributed by atoms with E-state index < -0.39 is 0 Å². The summed E-state index contributed by atoms with van der Waals surface area (Å²) in [6.07, 6.45) is 7.77. The Morgan fingerprint density at radius 1 is 1.25 bits per heavy atom. The van der Waals surface area contributed by atoms with Gasteiger partial charge in [-0.3, -0.25) is 9.88 Å². The lowest BCUT2D eigenvalue weighted by Gasteiger charge is -2.24. The molecule has 1 unspecified atom stereocenters. The van der Waals surface area contributed by atoms with Crippen molar-refractivity contribution in [1.29, 1.82) is 0 Å². The number of anilines is 1. The molecule has 2 fully saturated rings. The molecule has 0 spiro atoms. The molecule has 0 bridgehead atoms. The summed E-state index contributed by atoms with van der Waals surface area (Å²) in [4.78, 5) is 14.1. The van der Waals surface area contributed by atoms with Gasteiger partial charge in [-0.25, -0.2) is 4.98 Å². The van der Waals surface area contributed by atoms with Crippen LogP contribution in [0, 0.1) is 0 Å². The van der Waals surface area contributed by atoms with Crippen molar-refractivity contribution in [3.05, 3.63) is 18.1 Å². The average Bonchev–Trinajstić information content (AvgIpc) is 3.15. The third-order valence-electron chi connectivity index (χ3n) is 4.37. The zero-order valence-corrected chi connectivity index (χ0v) is 12.4. The quantitative estimate of drug-likeness (QED) is 0.876. The SMILES string of the molecule is CCNCc1cncc(N2CCC(N3CCCC3)C2)n1. The minimum atomic E-state index is 0.719. The van der Waals surface area contributed by atoms with Gasteiger partial charge in [-0.2, -0.15) is 0 Å². The van der Waals surface area contributed by atoms with Gasteiger partial charge in [-0.05, 0) is 38.9 Å². The van der Waals surface area contributed by atoms with Gasteiger partial charge >= 0.3 is 0 Å². The molecule has 2 aliphatic heterocycles. The van der Waals surface area contributed by atoms with E-state index in [-0.39, 0.29) is 0 Å². The Balaban J connectivity index is 1.61. The second-order valence-electron chi connectivity index (χ2n) is 5.78. The number of nitrogens with one attached hydrogen (secondary N) is 1. The average molecular weight is 275 g/mol. The van der Waals surface area contributed by atoms with Crippen LogP contribution in [0.4, 0.5) is 5.82 Å². The van der Waals surface area contributed by atoms with E-state index in [4.69, 9.17) is 4.98 Å². The normalized spacial score (nSPS) is 23.6. The van der Waals surface area contributed by atoms with Crippen LogP contribution in [-0.2, 0) is 6.54 Å². The molecule has 0 amide bonds. The molecule has 0 radical (unpaired) electrons. The highest BCUT2D eigenvalue weighted by molar-refractivity contribution is 5.38. The van der Waals surface area contributed by atoms with Crippen molar-refractivity contribution in [3.8, 4) is 0 Å². The van der Waals surface area contributed by atoms with E-state index >= 15 is 0 Å². The van der Waals surface area contributed by atoms with E-state index in [1.54, 1.807) is 0 Å². The third kappa shape index (κ3) is 3.10. The van der Waals surface area contributed by atoms with Crippen molar-refractivity contribution < 1.29 is 0 Å². The number of rotatable bonds is 5. The Morgan fingerprint density at radius 3 is 2.90 bits per heavy atom. The molecule has 5 heteroatoms. The standard InChI is InChI=1S/C15H25N5/c1-2-16-9-13-10-17-11-15(18-13)20-8-5-14(12-20)19-6-3-4-7-19/h10-11,14,16H,2-9,12H2,1H3. The van der Waals surface area contributed by atoms with Gasteiger partial charge in [-0.1, -0.05) is 6.92 Å². The lowest BCUT2D eigenvalue weighted by molar-refractivity contribution is 0.260. The maximum Gasteiger partial charge on any atom is 0.147 e. The summed E-state index contributed by atoms with van der Waals surface area (Å²) >= 11 is 0. The van der Waals surface area contributed by atoms with Crippen molar-refractivity contribution in [1.82, 2.24) is 20.2 Å². The molecule has 20 heavy (non-hydrogen) atoms. The van der Waals surface area contributed by atoms with Gasteiger partial charge < -0.3 is 10.2 Å². The van der Waals surface area contributed by atoms with Gasteiger partial charge in [0.1, 0.15) is 5.82 Å². The Morgan fingerprint density at radius 2 is 2.10 bits per heavy atom. The van der Waals surface area contributed by atoms with E-state index in [0.29, 0.717) is 0 Å². The largest absolute Gasteiger partial charge is 0.354 e. The Hall–Kier alpha value is -1.20. The van der Waals surface area contributed by atoms with Crippen LogP contribution in [0.2, 0.25) is 0 Å². The van der Waals surface area contributed by atoms with Crippen molar-refractivity contribution in [2.75, 3.05) is 37.6 Å². The monoisotopic (exact) mass is 275 g/mol. The molecule has 0 aliphatic carbocycles. The fourth-order valence-corrected chi connectivity index (χ4v) is 3.24. The van der Waals surface area contributed by atoms with Crippen LogP contribution in [0.25, 0.3) is 0 Å². The van der Waals surface area contributed by atoms with Gasteiger partial charge in [-0.15, -0.1) is 0 Å². The molecule has 0 aromatic carbocycles. The van der Waals surface area contributed by atoms with Gasteiger partial charge in [0.15, 0.2) is 0 Å². The number of likely N-dealkylation sites (tertiary alicyclic amines) is 1. The second kappa shape index (κ2) is 6.50. The first-order valence-corrected chi connectivity index (χ1v) is 7.87. The molecule has 3 rings (SSSR count). The van der Waals surface area contributed by atoms with Crippen molar-refractivity contribution in [2.24, 2.45) is 0 Å². The van der Waals surface area contributed by atoms with E-state index in [9.17, 15) is 0 Å². The zero-order valence-electron chi connectivity index (χ0n) is 12.4. The highest BCUT2D eigenvalue weighted by Crippen LogP contribution is 2.23. The lowest BCUT2D eigenvalue weighted by Crippen LogP contribution is -2.35. The van der Waals surface area contributed by atoms with Crippen molar-refractivity contribution in [3.63, 3.8) is 0 Å². The Kier molecular flexibility index (Phi) is 4.47. The molecule has 1 aromatic heterocycles. The Bertz CT molecular complexity index is 430. The summed E-state index contributed by atoms with van der Waals surface area (Å²) in [6, 6.07) is 0.719. The highest BCUT2D eigenvalue weighted by Gasteiger charge is 2.29. The first-order valence-electron chi connectivity index (χ1n) is 7.87. The summed E-state index contributed by atoms with van der Waals surface area (Å²) in [5, 5.41) is 3.31. The fraction of sp³-hybridized carbons (Fsp3) is 0.733. The molecule has 1 N–H and O–H groups in total. The predicted octanol–water partition coefficient (Wildman–Crippen LogP) is 1.26. The molecule has 3 heterocycles. The van der Waals surface area contributed by atoms with Crippen LogP contribution >= 0.6 is 0 Å². The summed E-state index contributed by atoms with van der Waals surface area (Å²) in [6.45, 7) is 8.67. The maximum absolute atomic E-state index is 4.74. The lowest BCUT2D eigenvalue weighted by atomic mass is 10.2. The van der Waals surface area contributed by atoms with Crippen LogP contribution in [0.15, 0.2) is 12.4 Å². The molecule has 0 saturated carbocycles. The van der Waals surface area contributed by atoms with Crippen molar-refractivity contribution in [2.45, 2.75) is 38.8 Å². The van der Waals surface area contributed by atoms with Crippen LogP contribution in [-0.4, -0.2) is 53.6 Å². The molecule has 1 aromatic rings.